The van der Waals surface area contributed by atoms with Crippen LogP contribution in [0.3, 0.4) is 0 Å². The molecule has 0 amide bonds. The minimum atomic E-state index is 0.612. The van der Waals surface area contributed by atoms with Crippen LogP contribution in [0.2, 0.25) is 0 Å². The molecule has 0 N–H and O–H groups in total. The number of hydrogen-bond donors (Lipinski definition) is 0. The third kappa shape index (κ3) is 2.75. The van der Waals surface area contributed by atoms with Gasteiger partial charge in [-0.1, -0.05) is 63.1 Å². The van der Waals surface area contributed by atoms with E-state index in [9.17, 15) is 0 Å². The molecule has 0 nitrogen and oxygen atoms in total. The molecular weight excluding hydrogens is 192 g/mol. The van der Waals surface area contributed by atoms with Crippen molar-refractivity contribution in [3.63, 3.8) is 0 Å². The van der Waals surface area contributed by atoms with Gasteiger partial charge in [-0.05, 0) is 36.1 Å². The molecule has 16 heavy (non-hydrogen) atoms. The topological polar surface area (TPSA) is 0 Å². The highest BCUT2D eigenvalue weighted by Gasteiger charge is 2.02. The summed E-state index contributed by atoms with van der Waals surface area (Å²) in [6.07, 6.45) is 0. The Morgan fingerprint density at radius 2 is 1.06 bits per heavy atom. The molecule has 0 aliphatic carbocycles. The van der Waals surface area contributed by atoms with Crippen molar-refractivity contribution in [2.75, 3.05) is 0 Å². The zero-order chi connectivity index (χ0) is 12.3. The largest absolute Gasteiger partial charge is 0.0629 e. The molecule has 88 valence electrons. The zero-order valence-corrected chi connectivity index (χ0v) is 11.5. The van der Waals surface area contributed by atoms with E-state index >= 15 is 0 Å². The van der Waals surface area contributed by atoms with Gasteiger partial charge in [0.1, 0.15) is 0 Å². The average Bonchev–Trinajstić information content (AvgIpc) is 2.26. The van der Waals surface area contributed by atoms with E-state index in [1.807, 2.05) is 0 Å². The molecular formula is C16H24. The molecule has 1 rings (SSSR count). The maximum absolute atomic E-state index is 2.26. The van der Waals surface area contributed by atoms with Crippen molar-refractivity contribution in [1.29, 1.82) is 0 Å². The third-order valence-corrected chi connectivity index (χ3v) is 3.51. The summed E-state index contributed by atoms with van der Waals surface area (Å²) in [5.41, 5.74) is 2.96. The van der Waals surface area contributed by atoms with Gasteiger partial charge < -0.3 is 0 Å². The number of hydrogen-bond acceptors (Lipinski definition) is 0. The molecule has 0 bridgehead atoms. The summed E-state index contributed by atoms with van der Waals surface area (Å²) < 4.78 is 0. The van der Waals surface area contributed by atoms with Crippen LogP contribution < -0.4 is 10.4 Å². The lowest BCUT2D eigenvalue weighted by atomic mass is 9.96. The van der Waals surface area contributed by atoms with Gasteiger partial charge in [0, 0.05) is 0 Å². The molecule has 0 spiro atoms. The Kier molecular flexibility index (Phi) is 4.35. The molecule has 0 aliphatic heterocycles. The van der Waals surface area contributed by atoms with Crippen molar-refractivity contribution in [3.05, 3.63) is 34.7 Å². The fourth-order valence-electron chi connectivity index (χ4n) is 1.79. The minimum absolute atomic E-state index is 0.612. The molecule has 0 unspecified atom stereocenters. The molecule has 1 aromatic carbocycles. The van der Waals surface area contributed by atoms with Crippen LogP contribution in [0.1, 0.15) is 41.5 Å². The molecule has 0 saturated heterocycles. The highest BCUT2D eigenvalue weighted by molar-refractivity contribution is 5.50. The predicted molar refractivity (Wildman–Crippen MR) is 73.5 cm³/mol. The van der Waals surface area contributed by atoms with Crippen LogP contribution in [0.25, 0.3) is 11.1 Å². The van der Waals surface area contributed by atoms with Crippen LogP contribution in [0, 0.1) is 11.8 Å². The highest BCUT2D eigenvalue weighted by Crippen LogP contribution is 2.08. The fourth-order valence-corrected chi connectivity index (χ4v) is 1.79. The first kappa shape index (κ1) is 13.0. The fraction of sp³-hybridized carbons (Fsp3) is 0.500. The van der Waals surface area contributed by atoms with Crippen LogP contribution in [0.4, 0.5) is 0 Å². The van der Waals surface area contributed by atoms with E-state index in [0.29, 0.717) is 11.8 Å². The smallest absolute Gasteiger partial charge is 0.0193 e. The van der Waals surface area contributed by atoms with Crippen LogP contribution in [0.15, 0.2) is 24.3 Å². The van der Waals surface area contributed by atoms with Gasteiger partial charge in [0.2, 0.25) is 0 Å². The number of rotatable bonds is 2. The Balaban J connectivity index is 3.68. The van der Waals surface area contributed by atoms with E-state index in [1.54, 1.807) is 0 Å². The summed E-state index contributed by atoms with van der Waals surface area (Å²) in [4.78, 5) is 0. The Morgan fingerprint density at radius 3 is 1.31 bits per heavy atom. The van der Waals surface area contributed by atoms with Crippen molar-refractivity contribution in [1.82, 2.24) is 0 Å². The summed E-state index contributed by atoms with van der Waals surface area (Å²) in [6, 6.07) is 8.77. The van der Waals surface area contributed by atoms with Crippen LogP contribution >= 0.6 is 0 Å². The van der Waals surface area contributed by atoms with Gasteiger partial charge in [-0.2, -0.15) is 0 Å². The van der Waals surface area contributed by atoms with Gasteiger partial charge in [-0.25, -0.2) is 0 Å². The normalized spacial score (nSPS) is 15.5. The lowest BCUT2D eigenvalue weighted by Gasteiger charge is -2.09. The first-order valence-electron chi connectivity index (χ1n) is 6.21. The molecule has 0 aliphatic rings. The van der Waals surface area contributed by atoms with Crippen molar-refractivity contribution in [3.8, 4) is 0 Å². The molecule has 0 heteroatoms. The SMILES string of the molecule is C/C(=c1/cccc/c1=C(/C)C(C)C)C(C)C. The molecule has 0 radical (unpaired) electrons. The van der Waals surface area contributed by atoms with Crippen molar-refractivity contribution in [2.24, 2.45) is 11.8 Å². The van der Waals surface area contributed by atoms with Gasteiger partial charge in [0.25, 0.3) is 0 Å². The van der Waals surface area contributed by atoms with Gasteiger partial charge in [-0.3, -0.25) is 0 Å². The summed E-state index contributed by atoms with van der Waals surface area (Å²) in [5, 5.41) is 2.84. The summed E-state index contributed by atoms with van der Waals surface area (Å²) >= 11 is 0. The summed E-state index contributed by atoms with van der Waals surface area (Å²) in [6.45, 7) is 13.5. The van der Waals surface area contributed by atoms with E-state index < -0.39 is 0 Å². The van der Waals surface area contributed by atoms with E-state index in [2.05, 4.69) is 65.8 Å². The standard InChI is InChI=1S/C16H24/c1-11(2)13(5)15-9-7-8-10-16(15)14(6)12(3)4/h7-12H,1-6H3/b15-13+,16-14+. The van der Waals surface area contributed by atoms with E-state index in [0.717, 1.165) is 0 Å². The highest BCUT2D eigenvalue weighted by atomic mass is 14.1. The second kappa shape index (κ2) is 5.34. The molecule has 0 atom stereocenters. The quantitative estimate of drug-likeness (QED) is 0.711. The van der Waals surface area contributed by atoms with E-state index in [1.165, 1.54) is 21.6 Å². The third-order valence-electron chi connectivity index (χ3n) is 3.51. The summed E-state index contributed by atoms with van der Waals surface area (Å²) in [7, 11) is 0. The molecule has 0 saturated carbocycles. The van der Waals surface area contributed by atoms with E-state index in [-0.39, 0.29) is 0 Å². The monoisotopic (exact) mass is 216 g/mol. The van der Waals surface area contributed by atoms with Crippen LogP contribution in [-0.4, -0.2) is 0 Å². The molecule has 0 aromatic heterocycles. The van der Waals surface area contributed by atoms with Gasteiger partial charge in [0.15, 0.2) is 0 Å². The van der Waals surface area contributed by atoms with Crippen LogP contribution in [0.5, 0.6) is 0 Å². The molecule has 0 fully saturated rings. The number of benzene rings is 1. The average molecular weight is 216 g/mol. The molecule has 0 heterocycles. The maximum atomic E-state index is 2.26. The van der Waals surface area contributed by atoms with Gasteiger partial charge in [-0.15, -0.1) is 0 Å². The second-order valence-electron chi connectivity index (χ2n) is 5.22. The van der Waals surface area contributed by atoms with Crippen molar-refractivity contribution in [2.45, 2.75) is 41.5 Å². The minimum Gasteiger partial charge on any atom is -0.0629 e. The Hall–Kier alpha value is -1.04. The maximum Gasteiger partial charge on any atom is -0.0193 e. The Morgan fingerprint density at radius 1 is 0.750 bits per heavy atom. The van der Waals surface area contributed by atoms with Crippen molar-refractivity contribution >= 4 is 11.1 Å². The van der Waals surface area contributed by atoms with E-state index in [4.69, 9.17) is 0 Å². The predicted octanol–water partition coefficient (Wildman–Crippen LogP) is 3.34. The zero-order valence-electron chi connectivity index (χ0n) is 11.5. The lowest BCUT2D eigenvalue weighted by Crippen LogP contribution is -2.30. The molecule has 1 aromatic rings. The van der Waals surface area contributed by atoms with Gasteiger partial charge >= 0.3 is 0 Å². The lowest BCUT2D eigenvalue weighted by molar-refractivity contribution is 0.831. The Labute approximate surface area is 99.7 Å². The van der Waals surface area contributed by atoms with Crippen molar-refractivity contribution < 1.29 is 0 Å². The first-order valence-corrected chi connectivity index (χ1v) is 6.21. The van der Waals surface area contributed by atoms with Crippen LogP contribution in [-0.2, 0) is 0 Å². The van der Waals surface area contributed by atoms with Gasteiger partial charge in [0.05, 0.1) is 0 Å². The summed E-state index contributed by atoms with van der Waals surface area (Å²) in [5.74, 6) is 1.22. The first-order chi connectivity index (χ1) is 7.45. The Bertz CT molecular complexity index is 416. The second-order valence-corrected chi connectivity index (χ2v) is 5.22.